The zero-order valence-electron chi connectivity index (χ0n) is 19.6. The van der Waals surface area contributed by atoms with Gasteiger partial charge in [-0.1, -0.05) is 24.3 Å². The predicted octanol–water partition coefficient (Wildman–Crippen LogP) is 5.69. The molecule has 3 heterocycles. The molecule has 0 unspecified atom stereocenters. The van der Waals surface area contributed by atoms with Crippen LogP contribution >= 0.6 is 0 Å². The summed E-state index contributed by atoms with van der Waals surface area (Å²) in [5.74, 6) is -0.474. The molecule has 0 N–H and O–H groups in total. The largest absolute Gasteiger partial charge is 0.418 e. The molecule has 0 radical (unpaired) electrons. The first-order valence-electron chi connectivity index (χ1n) is 11.7. The van der Waals surface area contributed by atoms with Gasteiger partial charge in [-0.15, -0.1) is 0 Å². The number of anilines is 1. The second kappa shape index (κ2) is 9.37. The smallest absolute Gasteiger partial charge is 0.369 e. The van der Waals surface area contributed by atoms with Gasteiger partial charge in [0.2, 0.25) is 0 Å². The number of alkyl halides is 3. The Bertz CT molecular complexity index is 1450. The maximum absolute atomic E-state index is 14.5. The molecule has 1 fully saturated rings. The van der Waals surface area contributed by atoms with Crippen LogP contribution in [-0.2, 0) is 12.7 Å². The fourth-order valence-electron chi connectivity index (χ4n) is 5.01. The summed E-state index contributed by atoms with van der Waals surface area (Å²) < 4.78 is 56.6. The molecular formula is C27H24F4N4O. The standard InChI is InChI=1S/C27H24F4N4O/c1-17-6-4-8-20(28)25(17)34-14-11-18(12-15-34)24-26(36)35(23-10-3-2-9-21(23)33-24)16-22-19(27(29,30)31)7-5-13-32-22/h2-10,13,18H,11-12,14-16H2,1H3. The van der Waals surface area contributed by atoms with Crippen molar-refractivity contribution >= 4 is 16.7 Å². The number of benzene rings is 2. The van der Waals surface area contributed by atoms with Crippen LogP contribution in [0.3, 0.4) is 0 Å². The molecule has 0 amide bonds. The Morgan fingerprint density at radius 3 is 2.47 bits per heavy atom. The van der Waals surface area contributed by atoms with Gasteiger partial charge in [0.05, 0.1) is 34.5 Å². The molecule has 36 heavy (non-hydrogen) atoms. The Morgan fingerprint density at radius 1 is 1.00 bits per heavy atom. The van der Waals surface area contributed by atoms with Crippen molar-refractivity contribution in [1.29, 1.82) is 0 Å². The third-order valence-electron chi connectivity index (χ3n) is 6.77. The molecule has 2 aromatic carbocycles. The fourth-order valence-corrected chi connectivity index (χ4v) is 5.01. The normalized spacial score (nSPS) is 15.0. The molecule has 0 saturated carbocycles. The van der Waals surface area contributed by atoms with Crippen LogP contribution in [0, 0.1) is 12.7 Å². The van der Waals surface area contributed by atoms with Crippen molar-refractivity contribution in [3.05, 3.63) is 99.5 Å². The summed E-state index contributed by atoms with van der Waals surface area (Å²) in [6.45, 7) is 2.62. The number of pyridine rings is 1. The van der Waals surface area contributed by atoms with Crippen LogP contribution < -0.4 is 10.5 Å². The molecule has 0 atom stereocenters. The summed E-state index contributed by atoms with van der Waals surface area (Å²) in [6.07, 6.45) is -2.14. The lowest BCUT2D eigenvalue weighted by Gasteiger charge is -2.34. The average Bonchev–Trinajstić information content (AvgIpc) is 2.86. The topological polar surface area (TPSA) is 51.0 Å². The number of halogens is 4. The number of hydrogen-bond acceptors (Lipinski definition) is 4. The van der Waals surface area contributed by atoms with Gasteiger partial charge in [-0.05, 0) is 55.7 Å². The van der Waals surface area contributed by atoms with Crippen molar-refractivity contribution in [2.45, 2.75) is 38.4 Å². The molecule has 186 valence electrons. The minimum absolute atomic E-state index is 0.192. The molecule has 1 aliphatic heterocycles. The van der Waals surface area contributed by atoms with Crippen molar-refractivity contribution in [2.24, 2.45) is 0 Å². The summed E-state index contributed by atoms with van der Waals surface area (Å²) in [7, 11) is 0. The number of nitrogens with zero attached hydrogens (tertiary/aromatic N) is 4. The second-order valence-electron chi connectivity index (χ2n) is 9.04. The Kier molecular flexibility index (Phi) is 6.24. The van der Waals surface area contributed by atoms with Crippen LogP contribution in [0.2, 0.25) is 0 Å². The molecule has 4 aromatic rings. The van der Waals surface area contributed by atoms with Crippen LogP contribution in [0.1, 0.15) is 41.3 Å². The van der Waals surface area contributed by atoms with Crippen molar-refractivity contribution < 1.29 is 17.6 Å². The average molecular weight is 497 g/mol. The lowest BCUT2D eigenvalue weighted by molar-refractivity contribution is -0.138. The molecule has 9 heteroatoms. The summed E-state index contributed by atoms with van der Waals surface area (Å²) in [6, 6.07) is 14.1. The highest BCUT2D eigenvalue weighted by Gasteiger charge is 2.34. The Hall–Kier alpha value is -3.75. The van der Waals surface area contributed by atoms with Gasteiger partial charge in [-0.2, -0.15) is 13.2 Å². The minimum Gasteiger partial charge on any atom is -0.369 e. The van der Waals surface area contributed by atoms with Crippen LogP contribution in [0.5, 0.6) is 0 Å². The molecule has 0 spiro atoms. The summed E-state index contributed by atoms with van der Waals surface area (Å²) in [5.41, 5.74) is 1.20. The Balaban J connectivity index is 1.51. The van der Waals surface area contributed by atoms with E-state index < -0.39 is 17.3 Å². The van der Waals surface area contributed by atoms with E-state index in [2.05, 4.69) is 9.97 Å². The van der Waals surface area contributed by atoms with Gasteiger partial charge in [0, 0.05) is 25.2 Å². The van der Waals surface area contributed by atoms with Gasteiger partial charge in [0.15, 0.2) is 0 Å². The zero-order valence-corrected chi connectivity index (χ0v) is 19.6. The van der Waals surface area contributed by atoms with E-state index in [1.165, 1.54) is 22.9 Å². The number of para-hydroxylation sites is 3. The third kappa shape index (κ3) is 4.45. The molecule has 0 aliphatic carbocycles. The van der Waals surface area contributed by atoms with E-state index in [4.69, 9.17) is 0 Å². The molecule has 0 bridgehead atoms. The lowest BCUT2D eigenvalue weighted by atomic mass is 9.92. The summed E-state index contributed by atoms with van der Waals surface area (Å²) in [4.78, 5) is 24.2. The Labute approximate surface area is 205 Å². The summed E-state index contributed by atoms with van der Waals surface area (Å²) >= 11 is 0. The molecule has 5 rings (SSSR count). The molecule has 2 aromatic heterocycles. The van der Waals surface area contributed by atoms with E-state index in [0.29, 0.717) is 48.3 Å². The first kappa shape index (κ1) is 24.0. The summed E-state index contributed by atoms with van der Waals surface area (Å²) in [5, 5.41) is 0. The fraction of sp³-hybridized carbons (Fsp3) is 0.296. The first-order valence-corrected chi connectivity index (χ1v) is 11.7. The quantitative estimate of drug-likeness (QED) is 0.341. The van der Waals surface area contributed by atoms with Crippen molar-refractivity contribution in [3.8, 4) is 0 Å². The number of piperidine rings is 1. The van der Waals surface area contributed by atoms with Crippen LogP contribution in [0.4, 0.5) is 23.2 Å². The van der Waals surface area contributed by atoms with Crippen LogP contribution in [-0.4, -0.2) is 27.6 Å². The van der Waals surface area contributed by atoms with Gasteiger partial charge in [0.1, 0.15) is 11.5 Å². The van der Waals surface area contributed by atoms with Crippen molar-refractivity contribution in [1.82, 2.24) is 14.5 Å². The molecule has 1 aliphatic rings. The van der Waals surface area contributed by atoms with E-state index in [1.54, 1.807) is 30.3 Å². The molecule has 5 nitrogen and oxygen atoms in total. The number of aromatic nitrogens is 3. The van der Waals surface area contributed by atoms with Gasteiger partial charge in [-0.3, -0.25) is 14.3 Å². The number of fused-ring (bicyclic) bond motifs is 1. The highest BCUT2D eigenvalue weighted by Crippen LogP contribution is 2.33. The third-order valence-corrected chi connectivity index (χ3v) is 6.77. The number of hydrogen-bond donors (Lipinski definition) is 0. The highest BCUT2D eigenvalue weighted by atomic mass is 19.4. The van der Waals surface area contributed by atoms with Crippen molar-refractivity contribution in [3.63, 3.8) is 0 Å². The highest BCUT2D eigenvalue weighted by molar-refractivity contribution is 5.74. The Morgan fingerprint density at radius 2 is 1.75 bits per heavy atom. The van der Waals surface area contributed by atoms with E-state index in [9.17, 15) is 22.4 Å². The number of rotatable bonds is 4. The first-order chi connectivity index (χ1) is 17.2. The van der Waals surface area contributed by atoms with E-state index in [-0.39, 0.29) is 24.0 Å². The van der Waals surface area contributed by atoms with E-state index in [1.807, 2.05) is 17.9 Å². The van der Waals surface area contributed by atoms with Crippen LogP contribution in [0.25, 0.3) is 11.0 Å². The van der Waals surface area contributed by atoms with Crippen molar-refractivity contribution in [2.75, 3.05) is 18.0 Å². The van der Waals surface area contributed by atoms with Crippen LogP contribution in [0.15, 0.2) is 65.6 Å². The molecular weight excluding hydrogens is 472 g/mol. The van der Waals surface area contributed by atoms with Gasteiger partial charge in [0.25, 0.3) is 5.56 Å². The lowest BCUT2D eigenvalue weighted by Crippen LogP contribution is -2.37. The maximum Gasteiger partial charge on any atom is 0.418 e. The van der Waals surface area contributed by atoms with E-state index in [0.717, 1.165) is 11.6 Å². The minimum atomic E-state index is -4.59. The second-order valence-corrected chi connectivity index (χ2v) is 9.04. The van der Waals surface area contributed by atoms with Gasteiger partial charge >= 0.3 is 6.18 Å². The monoisotopic (exact) mass is 496 g/mol. The predicted molar refractivity (Wildman–Crippen MR) is 130 cm³/mol. The van der Waals surface area contributed by atoms with Gasteiger partial charge in [-0.25, -0.2) is 9.37 Å². The molecule has 1 saturated heterocycles. The number of aryl methyl sites for hydroxylation is 1. The maximum atomic E-state index is 14.5. The zero-order chi connectivity index (χ0) is 25.4. The SMILES string of the molecule is Cc1cccc(F)c1N1CCC(c2nc3ccccc3n(Cc3ncccc3C(F)(F)F)c2=O)CC1. The van der Waals surface area contributed by atoms with E-state index >= 15 is 0 Å². The van der Waals surface area contributed by atoms with Gasteiger partial charge < -0.3 is 4.90 Å².